The van der Waals surface area contributed by atoms with Gasteiger partial charge < -0.3 is 19.9 Å². The minimum Gasteiger partial charge on any atom is -0.481 e. The number of nitrogens with one attached hydrogen (secondary N) is 1. The van der Waals surface area contributed by atoms with Crippen LogP contribution in [0.4, 0.5) is 4.39 Å². The molecular formula is C29H38FN3O3. The Morgan fingerprint density at radius 3 is 2.58 bits per heavy atom. The van der Waals surface area contributed by atoms with E-state index >= 15 is 0 Å². The van der Waals surface area contributed by atoms with Gasteiger partial charge in [-0.1, -0.05) is 39.0 Å². The number of amides is 2. The number of hydrogen-bond donors (Lipinski definition) is 1. The molecule has 2 aromatic rings. The molecule has 4 rings (SSSR count). The predicted molar refractivity (Wildman–Crippen MR) is 138 cm³/mol. The minimum absolute atomic E-state index is 0.0325. The van der Waals surface area contributed by atoms with E-state index in [0.29, 0.717) is 31.7 Å². The quantitative estimate of drug-likeness (QED) is 0.563. The van der Waals surface area contributed by atoms with E-state index in [4.69, 9.17) is 4.74 Å². The van der Waals surface area contributed by atoms with Gasteiger partial charge in [-0.15, -0.1) is 0 Å². The Labute approximate surface area is 213 Å². The molecule has 2 aliphatic rings. The van der Waals surface area contributed by atoms with Crippen molar-refractivity contribution in [1.82, 2.24) is 15.1 Å². The van der Waals surface area contributed by atoms with Crippen molar-refractivity contribution >= 4 is 11.8 Å². The van der Waals surface area contributed by atoms with E-state index in [0.717, 1.165) is 36.3 Å². The number of rotatable bonds is 9. The van der Waals surface area contributed by atoms with E-state index < -0.39 is 12.1 Å². The summed E-state index contributed by atoms with van der Waals surface area (Å²) in [6, 6.07) is 11.9. The number of carbonyl (C=O) groups is 2. The zero-order chi connectivity index (χ0) is 25.7. The Morgan fingerprint density at radius 2 is 1.89 bits per heavy atom. The van der Waals surface area contributed by atoms with Crippen LogP contribution < -0.4 is 10.1 Å². The fourth-order valence-corrected chi connectivity index (χ4v) is 5.22. The maximum atomic E-state index is 14.2. The lowest BCUT2D eigenvalue weighted by molar-refractivity contribution is -0.136. The van der Waals surface area contributed by atoms with Crippen LogP contribution in [0.3, 0.4) is 0 Å². The highest BCUT2D eigenvalue weighted by atomic mass is 19.1. The highest BCUT2D eigenvalue weighted by Crippen LogP contribution is 2.38. The number of halogens is 1. The molecule has 2 heterocycles. The van der Waals surface area contributed by atoms with E-state index in [1.54, 1.807) is 6.07 Å². The van der Waals surface area contributed by atoms with Crippen molar-refractivity contribution < 1.29 is 18.7 Å². The molecule has 0 aliphatic carbocycles. The van der Waals surface area contributed by atoms with Crippen molar-refractivity contribution in [3.63, 3.8) is 0 Å². The average Bonchev–Trinajstić information content (AvgIpc) is 3.39. The number of fused-ring (bicyclic) bond motifs is 1. The predicted octanol–water partition coefficient (Wildman–Crippen LogP) is 4.33. The molecule has 2 amide bonds. The molecule has 2 unspecified atom stereocenters. The molecule has 0 spiro atoms. The molecule has 0 aromatic heterocycles. The van der Waals surface area contributed by atoms with Gasteiger partial charge in [0, 0.05) is 25.6 Å². The Balaban J connectivity index is 1.54. The van der Waals surface area contributed by atoms with Crippen LogP contribution in [-0.2, 0) is 16.0 Å². The first kappa shape index (κ1) is 26.1. The van der Waals surface area contributed by atoms with Gasteiger partial charge in [0.1, 0.15) is 11.6 Å². The largest absolute Gasteiger partial charge is 0.481 e. The van der Waals surface area contributed by atoms with Gasteiger partial charge in [0.25, 0.3) is 5.91 Å². The monoisotopic (exact) mass is 495 g/mol. The van der Waals surface area contributed by atoms with Gasteiger partial charge >= 0.3 is 0 Å². The maximum absolute atomic E-state index is 14.2. The number of carbonyl (C=O) groups excluding carboxylic acids is 2. The van der Waals surface area contributed by atoms with Gasteiger partial charge in [-0.2, -0.15) is 0 Å². The zero-order valence-electron chi connectivity index (χ0n) is 21.6. The zero-order valence-corrected chi connectivity index (χ0v) is 21.6. The number of likely N-dealkylation sites (tertiary alicyclic amines) is 1. The van der Waals surface area contributed by atoms with Crippen LogP contribution >= 0.6 is 0 Å². The second-order valence-electron chi connectivity index (χ2n) is 10.1. The summed E-state index contributed by atoms with van der Waals surface area (Å²) in [4.78, 5) is 30.2. The molecule has 2 aliphatic heterocycles. The molecular weight excluding hydrogens is 457 g/mol. The highest BCUT2D eigenvalue weighted by Gasteiger charge is 2.34. The van der Waals surface area contributed by atoms with Crippen LogP contribution in [0.25, 0.3) is 0 Å². The van der Waals surface area contributed by atoms with Crippen LogP contribution in [-0.4, -0.2) is 60.4 Å². The molecule has 0 saturated carbocycles. The topological polar surface area (TPSA) is 61.9 Å². The molecule has 7 heteroatoms. The smallest absolute Gasteiger partial charge is 0.261 e. The van der Waals surface area contributed by atoms with Crippen LogP contribution in [0.5, 0.6) is 5.75 Å². The average molecular weight is 496 g/mol. The molecule has 1 saturated heterocycles. The lowest BCUT2D eigenvalue weighted by Crippen LogP contribution is -2.43. The molecule has 2 atom stereocenters. The number of nitrogens with zero attached hydrogens (tertiary/aromatic N) is 2. The van der Waals surface area contributed by atoms with Crippen molar-refractivity contribution in [1.29, 1.82) is 0 Å². The van der Waals surface area contributed by atoms with Crippen LogP contribution in [0, 0.1) is 11.7 Å². The molecule has 2 aromatic carbocycles. The van der Waals surface area contributed by atoms with Crippen LogP contribution in [0.15, 0.2) is 42.5 Å². The summed E-state index contributed by atoms with van der Waals surface area (Å²) >= 11 is 0. The molecule has 0 radical (unpaired) electrons. The Hall–Kier alpha value is -2.93. The van der Waals surface area contributed by atoms with Crippen LogP contribution in [0.2, 0.25) is 0 Å². The van der Waals surface area contributed by atoms with E-state index in [1.165, 1.54) is 25.0 Å². The Bertz CT molecular complexity index is 1070. The second-order valence-corrected chi connectivity index (χ2v) is 10.1. The fraction of sp³-hybridized carbons (Fsp3) is 0.517. The molecule has 36 heavy (non-hydrogen) atoms. The van der Waals surface area contributed by atoms with Crippen molar-refractivity contribution in [2.24, 2.45) is 5.92 Å². The van der Waals surface area contributed by atoms with E-state index in [2.05, 4.69) is 10.2 Å². The molecule has 1 fully saturated rings. The van der Waals surface area contributed by atoms with Gasteiger partial charge in [0.2, 0.25) is 5.91 Å². The second kappa shape index (κ2) is 11.9. The Kier molecular flexibility index (Phi) is 8.62. The Morgan fingerprint density at radius 1 is 1.11 bits per heavy atom. The first-order valence-electron chi connectivity index (χ1n) is 13.2. The summed E-state index contributed by atoms with van der Waals surface area (Å²) in [7, 11) is 0. The first-order valence-corrected chi connectivity index (χ1v) is 13.2. The third-order valence-electron chi connectivity index (χ3n) is 7.15. The van der Waals surface area contributed by atoms with Gasteiger partial charge in [-0.3, -0.25) is 9.59 Å². The standard InChI is InChI=1S/C29H38FN3O3/c1-4-26(28(34)31-13-17-32-14-5-6-15-32)36-24-11-10-21-12-16-33(29(35)20(2)3)27(25(21)19-24)22-8-7-9-23(30)18-22/h7-11,18-20,26-27H,4-6,12-17H2,1-3H3,(H,31,34). The maximum Gasteiger partial charge on any atom is 0.261 e. The third-order valence-corrected chi connectivity index (χ3v) is 7.15. The van der Waals surface area contributed by atoms with Gasteiger partial charge in [-0.05, 0) is 79.7 Å². The van der Waals surface area contributed by atoms with E-state index in [1.807, 2.05) is 49.9 Å². The number of hydrogen-bond acceptors (Lipinski definition) is 4. The minimum atomic E-state index is -0.605. The fourth-order valence-electron chi connectivity index (χ4n) is 5.22. The van der Waals surface area contributed by atoms with Gasteiger partial charge in [0.15, 0.2) is 6.10 Å². The lowest BCUT2D eigenvalue weighted by Gasteiger charge is -2.39. The number of benzene rings is 2. The highest BCUT2D eigenvalue weighted by molar-refractivity contribution is 5.81. The summed E-state index contributed by atoms with van der Waals surface area (Å²) in [6.45, 7) is 9.93. The van der Waals surface area contributed by atoms with Gasteiger partial charge in [0.05, 0.1) is 6.04 Å². The summed E-state index contributed by atoms with van der Waals surface area (Å²) in [5.74, 6) is -0.00955. The molecule has 0 bridgehead atoms. The SMILES string of the molecule is CCC(Oc1ccc2c(c1)C(c1cccc(F)c1)N(C(=O)C(C)C)CC2)C(=O)NCCN1CCCC1. The van der Waals surface area contributed by atoms with Crippen molar-refractivity contribution in [2.75, 3.05) is 32.7 Å². The summed E-state index contributed by atoms with van der Waals surface area (Å²) in [6.07, 6.45) is 3.10. The van der Waals surface area contributed by atoms with Crippen LogP contribution in [0.1, 0.15) is 62.8 Å². The third kappa shape index (κ3) is 6.06. The lowest BCUT2D eigenvalue weighted by atomic mass is 9.87. The van der Waals surface area contributed by atoms with Crippen molar-refractivity contribution in [3.05, 3.63) is 65.0 Å². The van der Waals surface area contributed by atoms with Gasteiger partial charge in [-0.25, -0.2) is 4.39 Å². The number of ether oxygens (including phenoxy) is 1. The first-order chi connectivity index (χ1) is 17.4. The molecule has 6 nitrogen and oxygen atoms in total. The van der Waals surface area contributed by atoms with E-state index in [9.17, 15) is 14.0 Å². The molecule has 194 valence electrons. The normalized spacial score (nSPS) is 18.7. The van der Waals surface area contributed by atoms with Crippen molar-refractivity contribution in [2.45, 2.75) is 58.6 Å². The summed E-state index contributed by atoms with van der Waals surface area (Å²) < 4.78 is 20.4. The van der Waals surface area contributed by atoms with E-state index in [-0.39, 0.29) is 23.5 Å². The summed E-state index contributed by atoms with van der Waals surface area (Å²) in [5, 5.41) is 3.02. The molecule has 1 N–H and O–H groups in total. The summed E-state index contributed by atoms with van der Waals surface area (Å²) in [5.41, 5.74) is 2.75. The van der Waals surface area contributed by atoms with Crippen molar-refractivity contribution in [3.8, 4) is 5.75 Å².